The smallest absolute Gasteiger partial charge is 0.205 e. The van der Waals surface area contributed by atoms with Crippen LogP contribution < -0.4 is 5.32 Å². The maximum Gasteiger partial charge on any atom is 0.205 e. The van der Waals surface area contributed by atoms with Crippen molar-refractivity contribution >= 4 is 51.4 Å². The van der Waals surface area contributed by atoms with Gasteiger partial charge < -0.3 is 20.0 Å². The summed E-state index contributed by atoms with van der Waals surface area (Å²) >= 11 is 5.99. The molecule has 3 N–H and O–H groups in total. The molecule has 0 radical (unpaired) electrons. The number of imidazole rings is 1. The van der Waals surface area contributed by atoms with E-state index in [0.29, 0.717) is 17.7 Å². The molecule has 4 aromatic rings. The largest absolute Gasteiger partial charge is 0.501 e. The molecular weight excluding hydrogens is 338 g/mol. The van der Waals surface area contributed by atoms with Gasteiger partial charge in [-0.3, -0.25) is 0 Å². The highest BCUT2D eigenvalue weighted by molar-refractivity contribution is 6.29. The molecule has 0 aliphatic rings. The molecule has 25 heavy (non-hydrogen) atoms. The number of hydrogen-bond donors (Lipinski definition) is 3. The van der Waals surface area contributed by atoms with Crippen molar-refractivity contribution in [2.75, 3.05) is 11.9 Å². The van der Waals surface area contributed by atoms with Crippen LogP contribution in [0, 0.1) is 0 Å². The molecule has 0 amide bonds. The van der Waals surface area contributed by atoms with Crippen LogP contribution in [0.25, 0.3) is 28.1 Å². The molecule has 7 heteroatoms. The van der Waals surface area contributed by atoms with Crippen LogP contribution in [0.4, 0.5) is 11.6 Å². The molecule has 0 unspecified atom stereocenters. The fourth-order valence-electron chi connectivity index (χ4n) is 2.61. The van der Waals surface area contributed by atoms with Gasteiger partial charge in [-0.1, -0.05) is 17.7 Å². The van der Waals surface area contributed by atoms with E-state index in [9.17, 15) is 0 Å². The summed E-state index contributed by atoms with van der Waals surface area (Å²) in [6, 6.07) is 9.63. The molecule has 4 rings (SSSR count). The summed E-state index contributed by atoms with van der Waals surface area (Å²) < 4.78 is 5.24. The molecule has 0 atom stereocenters. The summed E-state index contributed by atoms with van der Waals surface area (Å²) in [4.78, 5) is 15.3. The van der Waals surface area contributed by atoms with Crippen LogP contribution in [0.15, 0.2) is 42.8 Å². The first-order valence-corrected chi connectivity index (χ1v) is 8.29. The van der Waals surface area contributed by atoms with E-state index in [1.807, 2.05) is 43.5 Å². The van der Waals surface area contributed by atoms with Crippen LogP contribution in [-0.4, -0.2) is 26.5 Å². The highest BCUT2D eigenvalue weighted by atomic mass is 35.5. The van der Waals surface area contributed by atoms with Crippen LogP contribution in [0.2, 0.25) is 5.15 Å². The highest BCUT2D eigenvalue weighted by Gasteiger charge is 2.09. The van der Waals surface area contributed by atoms with Gasteiger partial charge in [0.15, 0.2) is 0 Å². The van der Waals surface area contributed by atoms with Gasteiger partial charge >= 0.3 is 0 Å². The average Bonchev–Trinajstić information content (AvgIpc) is 3.18. The fraction of sp³-hybridized carbons (Fsp3) is 0.111. The third-order valence-corrected chi connectivity index (χ3v) is 3.98. The second kappa shape index (κ2) is 6.49. The van der Waals surface area contributed by atoms with Gasteiger partial charge in [0.05, 0.1) is 35.1 Å². The zero-order valence-electron chi connectivity index (χ0n) is 13.5. The van der Waals surface area contributed by atoms with Crippen LogP contribution in [0.5, 0.6) is 0 Å². The molecule has 3 heterocycles. The zero-order chi connectivity index (χ0) is 17.2. The van der Waals surface area contributed by atoms with E-state index in [1.54, 1.807) is 12.3 Å². The summed E-state index contributed by atoms with van der Waals surface area (Å²) in [6.45, 7) is 2.60. The normalized spacial score (nSPS) is 11.6. The molecule has 0 aliphatic heterocycles. The lowest BCUT2D eigenvalue weighted by Gasteiger charge is -1.99. The minimum Gasteiger partial charge on any atom is -0.501 e. The molecule has 0 aliphatic carbocycles. The van der Waals surface area contributed by atoms with Crippen LogP contribution in [0.1, 0.15) is 12.5 Å². The summed E-state index contributed by atoms with van der Waals surface area (Å²) in [5.41, 5.74) is 5.35. The Balaban J connectivity index is 1.63. The Hall–Kier alpha value is -2.99. The van der Waals surface area contributed by atoms with Crippen molar-refractivity contribution in [2.45, 2.75) is 6.92 Å². The Labute approximate surface area is 148 Å². The number of fused-ring (bicyclic) bond motifs is 2. The SMILES string of the molecule is CCO/C=C/c1ccc2nc(Nc3c[nH]c4ccc(Cl)nc34)[nH]c2c1. The molecule has 0 fully saturated rings. The Bertz CT molecular complexity index is 1070. The van der Waals surface area contributed by atoms with Gasteiger partial charge in [0.2, 0.25) is 5.95 Å². The molecule has 0 saturated heterocycles. The second-order valence-electron chi connectivity index (χ2n) is 5.48. The number of hydrogen-bond acceptors (Lipinski definition) is 4. The average molecular weight is 354 g/mol. The number of ether oxygens (including phenoxy) is 1. The molecule has 6 nitrogen and oxygen atoms in total. The third kappa shape index (κ3) is 3.16. The van der Waals surface area contributed by atoms with Crippen molar-refractivity contribution in [2.24, 2.45) is 0 Å². The maximum atomic E-state index is 5.99. The van der Waals surface area contributed by atoms with E-state index in [4.69, 9.17) is 16.3 Å². The lowest BCUT2D eigenvalue weighted by molar-refractivity contribution is 0.272. The number of aromatic nitrogens is 4. The number of anilines is 2. The number of nitrogens with one attached hydrogen (secondary N) is 3. The standard InChI is InChI=1S/C18H16ClN5O/c1-2-25-8-7-11-3-4-12-14(9-11)22-18(21-12)23-15-10-20-13-5-6-16(19)24-17(13)15/h3-10,20H,2H2,1H3,(H2,21,22,23)/b8-7+. The van der Waals surface area contributed by atoms with Crippen molar-refractivity contribution in [3.05, 3.63) is 53.5 Å². The quantitative estimate of drug-likeness (QED) is 0.354. The topological polar surface area (TPSA) is 78.6 Å². The van der Waals surface area contributed by atoms with E-state index in [-0.39, 0.29) is 0 Å². The van der Waals surface area contributed by atoms with E-state index in [2.05, 4.69) is 25.3 Å². The summed E-state index contributed by atoms with van der Waals surface area (Å²) in [7, 11) is 0. The van der Waals surface area contributed by atoms with Gasteiger partial charge in [0.1, 0.15) is 10.7 Å². The predicted octanol–water partition coefficient (Wildman–Crippen LogP) is 4.84. The molecule has 126 valence electrons. The number of aromatic amines is 2. The predicted molar refractivity (Wildman–Crippen MR) is 101 cm³/mol. The molecule has 0 bridgehead atoms. The monoisotopic (exact) mass is 353 g/mol. The number of benzene rings is 1. The van der Waals surface area contributed by atoms with Gasteiger partial charge in [-0.25, -0.2) is 9.97 Å². The van der Waals surface area contributed by atoms with Crippen LogP contribution in [0.3, 0.4) is 0 Å². The molecule has 0 saturated carbocycles. The molecule has 0 spiro atoms. The van der Waals surface area contributed by atoms with Gasteiger partial charge in [-0.15, -0.1) is 0 Å². The van der Waals surface area contributed by atoms with Crippen molar-refractivity contribution in [1.82, 2.24) is 19.9 Å². The van der Waals surface area contributed by atoms with Crippen molar-refractivity contribution < 1.29 is 4.74 Å². The first-order valence-electron chi connectivity index (χ1n) is 7.91. The Morgan fingerprint density at radius 2 is 2.12 bits per heavy atom. The van der Waals surface area contributed by atoms with Gasteiger partial charge in [0.25, 0.3) is 0 Å². The fourth-order valence-corrected chi connectivity index (χ4v) is 2.76. The molecule has 3 aromatic heterocycles. The van der Waals surface area contributed by atoms with Gasteiger partial charge in [0, 0.05) is 6.20 Å². The van der Waals surface area contributed by atoms with Gasteiger partial charge in [-0.05, 0) is 42.8 Å². The third-order valence-electron chi connectivity index (χ3n) is 3.77. The molecular formula is C18H16ClN5O. The van der Waals surface area contributed by atoms with Crippen LogP contribution >= 0.6 is 11.6 Å². The number of rotatable bonds is 5. The lowest BCUT2D eigenvalue weighted by Crippen LogP contribution is -1.91. The zero-order valence-corrected chi connectivity index (χ0v) is 14.3. The number of nitrogens with zero attached hydrogens (tertiary/aromatic N) is 2. The Morgan fingerprint density at radius 1 is 1.20 bits per heavy atom. The van der Waals surface area contributed by atoms with E-state index < -0.39 is 0 Å². The number of halogens is 1. The first kappa shape index (κ1) is 15.5. The Kier molecular flexibility index (Phi) is 4.03. The number of H-pyrrole nitrogens is 2. The maximum absolute atomic E-state index is 5.99. The molecule has 1 aromatic carbocycles. The summed E-state index contributed by atoms with van der Waals surface area (Å²) in [6.07, 6.45) is 5.46. The second-order valence-corrected chi connectivity index (χ2v) is 5.86. The Morgan fingerprint density at radius 3 is 3.00 bits per heavy atom. The van der Waals surface area contributed by atoms with Crippen molar-refractivity contribution in [1.29, 1.82) is 0 Å². The highest BCUT2D eigenvalue weighted by Crippen LogP contribution is 2.26. The lowest BCUT2D eigenvalue weighted by atomic mass is 10.2. The van der Waals surface area contributed by atoms with E-state index in [0.717, 1.165) is 33.3 Å². The van der Waals surface area contributed by atoms with Crippen molar-refractivity contribution in [3.8, 4) is 0 Å². The first-order chi connectivity index (χ1) is 12.2. The summed E-state index contributed by atoms with van der Waals surface area (Å²) in [5.74, 6) is 0.642. The van der Waals surface area contributed by atoms with E-state index in [1.165, 1.54) is 0 Å². The summed E-state index contributed by atoms with van der Waals surface area (Å²) in [5, 5.41) is 3.70. The number of pyridine rings is 1. The van der Waals surface area contributed by atoms with Crippen molar-refractivity contribution in [3.63, 3.8) is 0 Å². The minimum absolute atomic E-state index is 0.450. The van der Waals surface area contributed by atoms with Gasteiger partial charge in [-0.2, -0.15) is 0 Å². The van der Waals surface area contributed by atoms with E-state index >= 15 is 0 Å². The minimum atomic E-state index is 0.450. The van der Waals surface area contributed by atoms with Crippen LogP contribution in [-0.2, 0) is 4.74 Å².